The van der Waals surface area contributed by atoms with Gasteiger partial charge in [0, 0.05) is 18.0 Å². The lowest BCUT2D eigenvalue weighted by Crippen LogP contribution is -2.16. The molecule has 21 heavy (non-hydrogen) atoms. The fraction of sp³-hybridized carbons (Fsp3) is 0.133. The molecule has 2 aromatic carbocycles. The van der Waals surface area contributed by atoms with Crippen LogP contribution in [0.2, 0.25) is 10.0 Å². The molecular weight excluding hydrogens is 314 g/mol. The number of hydrogen-bond donors (Lipinski definition) is 2. The summed E-state index contributed by atoms with van der Waals surface area (Å²) in [4.78, 5) is 11.8. The second-order valence-corrected chi connectivity index (χ2v) is 5.17. The second kappa shape index (κ2) is 7.29. The number of hydrogen-bond acceptors (Lipinski definition) is 2. The number of para-hydroxylation sites is 1. The lowest BCUT2D eigenvalue weighted by atomic mass is 10.3. The molecular formula is C15H13Cl2FN2O. The molecule has 0 atom stereocenters. The SMILES string of the molecule is O=C(CCNc1ccccc1F)Nc1cc(Cl)ccc1Cl. The highest BCUT2D eigenvalue weighted by Gasteiger charge is 2.07. The Hall–Kier alpha value is -1.78. The van der Waals surface area contributed by atoms with Gasteiger partial charge >= 0.3 is 0 Å². The summed E-state index contributed by atoms with van der Waals surface area (Å²) in [6.07, 6.45) is 0.178. The first-order valence-corrected chi connectivity index (χ1v) is 7.05. The Labute approximate surface area is 132 Å². The summed E-state index contributed by atoms with van der Waals surface area (Å²) in [5.74, 6) is -0.584. The molecule has 0 heterocycles. The zero-order valence-electron chi connectivity index (χ0n) is 11.0. The van der Waals surface area contributed by atoms with E-state index in [-0.39, 0.29) is 18.1 Å². The summed E-state index contributed by atoms with van der Waals surface area (Å²) < 4.78 is 13.4. The van der Waals surface area contributed by atoms with Gasteiger partial charge in [0.25, 0.3) is 0 Å². The molecule has 2 rings (SSSR count). The van der Waals surface area contributed by atoms with Crippen LogP contribution in [0.4, 0.5) is 15.8 Å². The molecule has 0 aliphatic rings. The van der Waals surface area contributed by atoms with Gasteiger partial charge in [-0.25, -0.2) is 4.39 Å². The number of nitrogens with one attached hydrogen (secondary N) is 2. The lowest BCUT2D eigenvalue weighted by Gasteiger charge is -2.09. The van der Waals surface area contributed by atoms with Crippen LogP contribution < -0.4 is 10.6 Å². The molecule has 3 nitrogen and oxygen atoms in total. The van der Waals surface area contributed by atoms with Crippen LogP contribution in [0.5, 0.6) is 0 Å². The molecule has 0 spiro atoms. The molecule has 2 N–H and O–H groups in total. The summed E-state index contributed by atoms with van der Waals surface area (Å²) in [7, 11) is 0. The van der Waals surface area contributed by atoms with Gasteiger partial charge in [0.05, 0.1) is 16.4 Å². The van der Waals surface area contributed by atoms with Crippen molar-refractivity contribution in [2.75, 3.05) is 17.2 Å². The van der Waals surface area contributed by atoms with Gasteiger partial charge < -0.3 is 10.6 Å². The maximum Gasteiger partial charge on any atom is 0.226 e. The third-order valence-electron chi connectivity index (χ3n) is 2.74. The van der Waals surface area contributed by atoms with Crippen molar-refractivity contribution in [1.29, 1.82) is 0 Å². The van der Waals surface area contributed by atoms with E-state index in [4.69, 9.17) is 23.2 Å². The number of carbonyl (C=O) groups is 1. The Bertz CT molecular complexity index is 649. The van der Waals surface area contributed by atoms with E-state index in [1.54, 1.807) is 36.4 Å². The topological polar surface area (TPSA) is 41.1 Å². The lowest BCUT2D eigenvalue weighted by molar-refractivity contribution is -0.115. The minimum absolute atomic E-state index is 0.178. The van der Waals surface area contributed by atoms with Crippen LogP contribution in [0.15, 0.2) is 42.5 Å². The molecule has 0 aromatic heterocycles. The molecule has 0 saturated carbocycles. The Kier molecular flexibility index (Phi) is 5.42. The zero-order valence-corrected chi connectivity index (χ0v) is 12.5. The Morgan fingerprint density at radius 3 is 2.62 bits per heavy atom. The Morgan fingerprint density at radius 2 is 1.86 bits per heavy atom. The smallest absolute Gasteiger partial charge is 0.226 e. The van der Waals surface area contributed by atoms with E-state index in [1.165, 1.54) is 6.07 Å². The predicted octanol–water partition coefficient (Wildman–Crippen LogP) is 4.57. The van der Waals surface area contributed by atoms with Crippen molar-refractivity contribution in [3.63, 3.8) is 0 Å². The van der Waals surface area contributed by atoms with Crippen molar-refractivity contribution in [2.24, 2.45) is 0 Å². The van der Waals surface area contributed by atoms with Crippen molar-refractivity contribution in [2.45, 2.75) is 6.42 Å². The summed E-state index contributed by atoms with van der Waals surface area (Å²) in [6.45, 7) is 0.310. The Balaban J connectivity index is 1.85. The molecule has 0 fully saturated rings. The number of amides is 1. The summed E-state index contributed by atoms with van der Waals surface area (Å²) in [5, 5.41) is 6.42. The van der Waals surface area contributed by atoms with Crippen LogP contribution in [0.3, 0.4) is 0 Å². The molecule has 2 aromatic rings. The van der Waals surface area contributed by atoms with Gasteiger partial charge in [0.15, 0.2) is 0 Å². The molecule has 0 aliphatic carbocycles. The molecule has 110 valence electrons. The van der Waals surface area contributed by atoms with Crippen LogP contribution in [0.25, 0.3) is 0 Å². The van der Waals surface area contributed by atoms with E-state index in [9.17, 15) is 9.18 Å². The van der Waals surface area contributed by atoms with E-state index < -0.39 is 0 Å². The molecule has 0 bridgehead atoms. The first kappa shape index (κ1) is 15.6. The van der Waals surface area contributed by atoms with Gasteiger partial charge in [-0.1, -0.05) is 35.3 Å². The van der Waals surface area contributed by atoms with Crippen LogP contribution >= 0.6 is 23.2 Å². The van der Waals surface area contributed by atoms with Crippen LogP contribution in [-0.4, -0.2) is 12.5 Å². The minimum Gasteiger partial charge on any atom is -0.382 e. The van der Waals surface area contributed by atoms with E-state index in [0.717, 1.165) is 0 Å². The molecule has 0 aliphatic heterocycles. The van der Waals surface area contributed by atoms with E-state index in [2.05, 4.69) is 10.6 Å². The highest BCUT2D eigenvalue weighted by molar-refractivity contribution is 6.35. The highest BCUT2D eigenvalue weighted by Crippen LogP contribution is 2.25. The molecule has 1 amide bonds. The Morgan fingerprint density at radius 1 is 1.10 bits per heavy atom. The third kappa shape index (κ3) is 4.62. The van der Waals surface area contributed by atoms with E-state index in [1.807, 2.05) is 0 Å². The fourth-order valence-corrected chi connectivity index (χ4v) is 2.06. The number of rotatable bonds is 5. The third-order valence-corrected chi connectivity index (χ3v) is 3.31. The molecule has 0 radical (unpaired) electrons. The number of benzene rings is 2. The van der Waals surface area contributed by atoms with Crippen LogP contribution in [0.1, 0.15) is 6.42 Å². The van der Waals surface area contributed by atoms with Crippen molar-refractivity contribution >= 4 is 40.5 Å². The summed E-state index contributed by atoms with van der Waals surface area (Å²) in [6, 6.07) is 11.1. The quantitative estimate of drug-likeness (QED) is 0.844. The first-order valence-electron chi connectivity index (χ1n) is 6.29. The van der Waals surface area contributed by atoms with Gasteiger partial charge in [0.1, 0.15) is 5.82 Å². The average molecular weight is 327 g/mol. The normalized spacial score (nSPS) is 10.2. The molecule has 0 unspecified atom stereocenters. The average Bonchev–Trinajstić information content (AvgIpc) is 2.45. The second-order valence-electron chi connectivity index (χ2n) is 4.33. The van der Waals surface area contributed by atoms with Gasteiger partial charge in [-0.3, -0.25) is 4.79 Å². The van der Waals surface area contributed by atoms with Crippen molar-refractivity contribution < 1.29 is 9.18 Å². The fourth-order valence-electron chi connectivity index (χ4n) is 1.72. The summed E-state index contributed by atoms with van der Waals surface area (Å²) in [5.41, 5.74) is 0.825. The largest absolute Gasteiger partial charge is 0.382 e. The number of carbonyl (C=O) groups excluding carboxylic acids is 1. The van der Waals surface area contributed by atoms with Gasteiger partial charge in [0.2, 0.25) is 5.91 Å². The highest BCUT2D eigenvalue weighted by atomic mass is 35.5. The van der Waals surface area contributed by atoms with Crippen molar-refractivity contribution in [1.82, 2.24) is 0 Å². The predicted molar refractivity (Wildman–Crippen MR) is 84.6 cm³/mol. The number of halogens is 3. The van der Waals surface area contributed by atoms with Crippen LogP contribution in [0, 0.1) is 5.82 Å². The monoisotopic (exact) mass is 326 g/mol. The number of anilines is 2. The van der Waals surface area contributed by atoms with Crippen molar-refractivity contribution in [3.05, 3.63) is 58.3 Å². The maximum atomic E-state index is 13.4. The summed E-state index contributed by atoms with van der Waals surface area (Å²) >= 11 is 11.8. The zero-order chi connectivity index (χ0) is 15.2. The van der Waals surface area contributed by atoms with Crippen molar-refractivity contribution in [3.8, 4) is 0 Å². The van der Waals surface area contributed by atoms with Gasteiger partial charge in [-0.05, 0) is 30.3 Å². The maximum absolute atomic E-state index is 13.4. The molecule has 6 heteroatoms. The van der Waals surface area contributed by atoms with Crippen LogP contribution in [-0.2, 0) is 4.79 Å². The standard InChI is InChI=1S/C15H13Cl2FN2O/c16-10-5-6-11(17)14(9-10)20-15(21)7-8-19-13-4-2-1-3-12(13)18/h1-6,9,19H,7-8H2,(H,20,21). The van der Waals surface area contributed by atoms with E-state index in [0.29, 0.717) is 28.0 Å². The first-order chi connectivity index (χ1) is 10.1. The van der Waals surface area contributed by atoms with Gasteiger partial charge in [-0.15, -0.1) is 0 Å². The molecule has 0 saturated heterocycles. The minimum atomic E-state index is -0.351. The van der Waals surface area contributed by atoms with Gasteiger partial charge in [-0.2, -0.15) is 0 Å². The van der Waals surface area contributed by atoms with E-state index >= 15 is 0 Å².